The van der Waals surface area contributed by atoms with Crippen LogP contribution in [0.25, 0.3) is 0 Å². The Morgan fingerprint density at radius 2 is 2.37 bits per heavy atom. The van der Waals surface area contributed by atoms with Gasteiger partial charge in [-0.2, -0.15) is 5.10 Å². The SMILES string of the molecule is CC(C)CNC(=O)CN1CCC[C@H]1c1cnn(C)c1. The van der Waals surface area contributed by atoms with Crippen molar-refractivity contribution in [3.05, 3.63) is 18.0 Å². The number of nitrogens with zero attached hydrogens (tertiary/aromatic N) is 3. The lowest BCUT2D eigenvalue weighted by Gasteiger charge is -2.23. The highest BCUT2D eigenvalue weighted by atomic mass is 16.2. The van der Waals surface area contributed by atoms with E-state index in [2.05, 4.69) is 35.4 Å². The third-order valence-corrected chi connectivity index (χ3v) is 3.53. The first-order valence-corrected chi connectivity index (χ1v) is 7.05. The van der Waals surface area contributed by atoms with E-state index in [0.717, 1.165) is 25.9 Å². The highest BCUT2D eigenvalue weighted by Crippen LogP contribution is 2.30. The predicted molar refractivity (Wildman–Crippen MR) is 74.6 cm³/mol. The molecule has 1 amide bonds. The molecule has 0 bridgehead atoms. The van der Waals surface area contributed by atoms with Gasteiger partial charge in [0.1, 0.15) is 0 Å². The molecule has 0 aliphatic carbocycles. The summed E-state index contributed by atoms with van der Waals surface area (Å²) in [6.07, 6.45) is 6.23. The van der Waals surface area contributed by atoms with E-state index in [1.165, 1.54) is 5.56 Å². The summed E-state index contributed by atoms with van der Waals surface area (Å²) in [7, 11) is 1.93. The molecule has 5 heteroatoms. The molecule has 1 atom stereocenters. The molecule has 5 nitrogen and oxygen atoms in total. The number of likely N-dealkylation sites (tertiary alicyclic amines) is 1. The van der Waals surface area contributed by atoms with Crippen molar-refractivity contribution in [2.24, 2.45) is 13.0 Å². The predicted octanol–water partition coefficient (Wildman–Crippen LogP) is 1.33. The van der Waals surface area contributed by atoms with Gasteiger partial charge in [0.05, 0.1) is 12.7 Å². The van der Waals surface area contributed by atoms with Crippen LogP contribution in [0.15, 0.2) is 12.4 Å². The maximum Gasteiger partial charge on any atom is 0.234 e. The number of hydrogen-bond acceptors (Lipinski definition) is 3. The van der Waals surface area contributed by atoms with E-state index < -0.39 is 0 Å². The average molecular weight is 264 g/mol. The summed E-state index contributed by atoms with van der Waals surface area (Å²) in [4.78, 5) is 14.2. The third kappa shape index (κ3) is 3.80. The van der Waals surface area contributed by atoms with Gasteiger partial charge in [-0.25, -0.2) is 0 Å². The van der Waals surface area contributed by atoms with E-state index >= 15 is 0 Å². The molecule has 2 heterocycles. The average Bonchev–Trinajstić information content (AvgIpc) is 2.95. The Balaban J connectivity index is 1.90. The normalized spacial score (nSPS) is 20.1. The van der Waals surface area contributed by atoms with Crippen molar-refractivity contribution in [2.75, 3.05) is 19.6 Å². The Labute approximate surface area is 115 Å². The molecule has 19 heavy (non-hydrogen) atoms. The molecule has 0 unspecified atom stereocenters. The van der Waals surface area contributed by atoms with Crippen molar-refractivity contribution in [1.82, 2.24) is 20.0 Å². The summed E-state index contributed by atoms with van der Waals surface area (Å²) in [6.45, 7) is 6.45. The van der Waals surface area contributed by atoms with Crippen molar-refractivity contribution >= 4 is 5.91 Å². The molecular weight excluding hydrogens is 240 g/mol. The molecule has 1 fully saturated rings. The van der Waals surface area contributed by atoms with Gasteiger partial charge in [-0.3, -0.25) is 14.4 Å². The van der Waals surface area contributed by atoms with Crippen LogP contribution in [-0.2, 0) is 11.8 Å². The van der Waals surface area contributed by atoms with Gasteiger partial charge in [0.15, 0.2) is 0 Å². The molecule has 2 rings (SSSR count). The second-order valence-electron chi connectivity index (χ2n) is 5.77. The minimum atomic E-state index is 0.129. The Kier molecular flexibility index (Phi) is 4.58. The first kappa shape index (κ1) is 14.1. The highest BCUT2D eigenvalue weighted by Gasteiger charge is 2.28. The van der Waals surface area contributed by atoms with E-state index in [9.17, 15) is 4.79 Å². The number of aromatic nitrogens is 2. The Morgan fingerprint density at radius 3 is 3.00 bits per heavy atom. The minimum absolute atomic E-state index is 0.129. The lowest BCUT2D eigenvalue weighted by Crippen LogP contribution is -2.38. The fourth-order valence-electron chi connectivity index (χ4n) is 2.56. The largest absolute Gasteiger partial charge is 0.355 e. The smallest absolute Gasteiger partial charge is 0.234 e. The van der Waals surface area contributed by atoms with Crippen LogP contribution < -0.4 is 5.32 Å². The Morgan fingerprint density at radius 1 is 1.58 bits per heavy atom. The zero-order valence-corrected chi connectivity index (χ0v) is 12.1. The Bertz CT molecular complexity index is 427. The molecule has 1 aromatic rings. The first-order chi connectivity index (χ1) is 9.06. The second kappa shape index (κ2) is 6.19. The van der Waals surface area contributed by atoms with Gasteiger partial charge in [-0.1, -0.05) is 13.8 Å². The maximum atomic E-state index is 11.9. The monoisotopic (exact) mass is 264 g/mol. The van der Waals surface area contributed by atoms with Crippen molar-refractivity contribution in [3.8, 4) is 0 Å². The minimum Gasteiger partial charge on any atom is -0.355 e. The lowest BCUT2D eigenvalue weighted by molar-refractivity contribution is -0.122. The summed E-state index contributed by atoms with van der Waals surface area (Å²) in [5.74, 6) is 0.626. The molecule has 0 aromatic carbocycles. The molecule has 1 saturated heterocycles. The van der Waals surface area contributed by atoms with Crippen molar-refractivity contribution in [1.29, 1.82) is 0 Å². The van der Waals surface area contributed by atoms with Gasteiger partial charge in [-0.05, 0) is 25.3 Å². The number of rotatable bonds is 5. The number of carbonyl (C=O) groups excluding carboxylic acids is 1. The fraction of sp³-hybridized carbons (Fsp3) is 0.714. The van der Waals surface area contributed by atoms with E-state index in [-0.39, 0.29) is 5.91 Å². The van der Waals surface area contributed by atoms with E-state index in [1.807, 2.05) is 17.9 Å². The molecular formula is C14H24N4O. The maximum absolute atomic E-state index is 11.9. The summed E-state index contributed by atoms with van der Waals surface area (Å²) in [5, 5.41) is 7.21. The third-order valence-electron chi connectivity index (χ3n) is 3.53. The van der Waals surface area contributed by atoms with Gasteiger partial charge in [0, 0.05) is 31.4 Å². The molecule has 0 saturated carbocycles. The standard InChI is InChI=1S/C14H24N4O/c1-11(2)7-15-14(19)10-18-6-4-5-13(18)12-8-16-17(3)9-12/h8-9,11,13H,4-7,10H2,1-3H3,(H,15,19)/t13-/m0/s1. The van der Waals surface area contributed by atoms with Crippen LogP contribution in [0.2, 0.25) is 0 Å². The number of amides is 1. The van der Waals surface area contributed by atoms with Crippen LogP contribution in [0.3, 0.4) is 0 Å². The number of hydrogen-bond donors (Lipinski definition) is 1. The Hall–Kier alpha value is -1.36. The van der Waals surface area contributed by atoms with Crippen LogP contribution in [0.4, 0.5) is 0 Å². The number of carbonyl (C=O) groups is 1. The van der Waals surface area contributed by atoms with Crippen molar-refractivity contribution < 1.29 is 4.79 Å². The highest BCUT2D eigenvalue weighted by molar-refractivity contribution is 5.78. The first-order valence-electron chi connectivity index (χ1n) is 7.05. The van der Waals surface area contributed by atoms with Gasteiger partial charge in [0.2, 0.25) is 5.91 Å². The number of nitrogens with one attached hydrogen (secondary N) is 1. The topological polar surface area (TPSA) is 50.2 Å². The van der Waals surface area contributed by atoms with E-state index in [4.69, 9.17) is 0 Å². The fourth-order valence-corrected chi connectivity index (χ4v) is 2.56. The van der Waals surface area contributed by atoms with Crippen LogP contribution in [0.1, 0.15) is 38.3 Å². The van der Waals surface area contributed by atoms with Gasteiger partial charge in [-0.15, -0.1) is 0 Å². The van der Waals surface area contributed by atoms with Crippen LogP contribution in [0, 0.1) is 5.92 Å². The molecule has 106 valence electrons. The van der Waals surface area contributed by atoms with E-state index in [0.29, 0.717) is 18.5 Å². The van der Waals surface area contributed by atoms with Crippen LogP contribution in [-0.4, -0.2) is 40.2 Å². The van der Waals surface area contributed by atoms with Gasteiger partial charge < -0.3 is 5.32 Å². The molecule has 1 aliphatic rings. The van der Waals surface area contributed by atoms with Crippen molar-refractivity contribution in [3.63, 3.8) is 0 Å². The summed E-state index contributed by atoms with van der Waals surface area (Å²) < 4.78 is 1.82. The van der Waals surface area contributed by atoms with Crippen molar-refractivity contribution in [2.45, 2.75) is 32.7 Å². The van der Waals surface area contributed by atoms with Gasteiger partial charge >= 0.3 is 0 Å². The van der Waals surface area contributed by atoms with Crippen LogP contribution in [0.5, 0.6) is 0 Å². The van der Waals surface area contributed by atoms with E-state index in [1.54, 1.807) is 0 Å². The summed E-state index contributed by atoms with van der Waals surface area (Å²) in [5.41, 5.74) is 1.22. The summed E-state index contributed by atoms with van der Waals surface area (Å²) in [6, 6.07) is 0.346. The van der Waals surface area contributed by atoms with Gasteiger partial charge in [0.25, 0.3) is 0 Å². The zero-order chi connectivity index (χ0) is 13.8. The van der Waals surface area contributed by atoms with Crippen LogP contribution >= 0.6 is 0 Å². The zero-order valence-electron chi connectivity index (χ0n) is 12.1. The lowest BCUT2D eigenvalue weighted by atomic mass is 10.1. The molecule has 0 spiro atoms. The molecule has 1 aromatic heterocycles. The quantitative estimate of drug-likeness (QED) is 0.873. The second-order valence-corrected chi connectivity index (χ2v) is 5.77. The molecule has 1 N–H and O–H groups in total. The molecule has 1 aliphatic heterocycles. The molecule has 0 radical (unpaired) electrons. The summed E-state index contributed by atoms with van der Waals surface area (Å²) >= 11 is 0. The number of aryl methyl sites for hydroxylation is 1.